The van der Waals surface area contributed by atoms with Gasteiger partial charge in [0.15, 0.2) is 5.82 Å². The Morgan fingerprint density at radius 2 is 1.93 bits per heavy atom. The van der Waals surface area contributed by atoms with E-state index in [1.54, 1.807) is 25.1 Å². The number of imide groups is 1. The fourth-order valence-corrected chi connectivity index (χ4v) is 5.18. The number of para-hydroxylation sites is 1. The van der Waals surface area contributed by atoms with Crippen LogP contribution >= 0.6 is 11.6 Å². The lowest BCUT2D eigenvalue weighted by Gasteiger charge is -2.27. The highest BCUT2D eigenvalue weighted by Crippen LogP contribution is 2.35. The number of hydrogen-bond donors (Lipinski definition) is 0. The molecule has 0 bridgehead atoms. The van der Waals surface area contributed by atoms with E-state index >= 15 is 0 Å². The van der Waals surface area contributed by atoms with Crippen LogP contribution in [0.25, 0.3) is 16.6 Å². The molecule has 0 radical (unpaired) electrons. The van der Waals surface area contributed by atoms with E-state index in [-0.39, 0.29) is 30.6 Å². The smallest absolute Gasteiger partial charge is 0.327 e. The second-order valence-electron chi connectivity index (χ2n) is 10.2. The van der Waals surface area contributed by atoms with Crippen molar-refractivity contribution in [3.05, 3.63) is 82.3 Å². The molecule has 0 spiro atoms. The molecule has 0 aliphatic carbocycles. The van der Waals surface area contributed by atoms with Crippen LogP contribution in [0.1, 0.15) is 29.8 Å². The van der Waals surface area contributed by atoms with Gasteiger partial charge in [-0.05, 0) is 57.8 Å². The quantitative estimate of drug-likeness (QED) is 0.255. The number of fused-ring (bicyclic) bond motifs is 1. The molecule has 1 aliphatic heterocycles. The van der Waals surface area contributed by atoms with E-state index in [1.807, 2.05) is 32.0 Å². The van der Waals surface area contributed by atoms with Crippen LogP contribution in [-0.2, 0) is 11.4 Å². The lowest BCUT2D eigenvalue weighted by atomic mass is 10.0. The molecule has 3 heterocycles. The van der Waals surface area contributed by atoms with Gasteiger partial charge in [-0.1, -0.05) is 23.7 Å². The Hall–Kier alpha value is -4.09. The number of rotatable bonds is 9. The lowest BCUT2D eigenvalue weighted by molar-refractivity contribution is -0.125. The Morgan fingerprint density at radius 1 is 1.15 bits per heavy atom. The summed E-state index contributed by atoms with van der Waals surface area (Å²) in [5, 5.41) is 4.90. The molecule has 214 valence electrons. The Balaban J connectivity index is 1.45. The molecular weight excluding hydrogens is 554 g/mol. The highest BCUT2D eigenvalue weighted by molar-refractivity contribution is 6.31. The summed E-state index contributed by atoms with van der Waals surface area (Å²) in [5.74, 6) is -0.913. The molecule has 3 amide bonds. The fourth-order valence-electron chi connectivity index (χ4n) is 4.92. The summed E-state index contributed by atoms with van der Waals surface area (Å²) in [5.41, 5.74) is 2.74. The first-order chi connectivity index (χ1) is 19.5. The van der Waals surface area contributed by atoms with Crippen molar-refractivity contribution < 1.29 is 23.1 Å². The number of amides is 3. The van der Waals surface area contributed by atoms with Gasteiger partial charge >= 0.3 is 6.03 Å². The number of ether oxygens (including phenoxy) is 1. The van der Waals surface area contributed by atoms with Crippen LogP contribution in [0.3, 0.4) is 0 Å². The average molecular weight is 583 g/mol. The molecule has 0 saturated carbocycles. The van der Waals surface area contributed by atoms with Gasteiger partial charge in [0, 0.05) is 29.7 Å². The molecule has 1 aliphatic rings. The zero-order valence-corrected chi connectivity index (χ0v) is 23.8. The number of aryl methyl sites for hydroxylation is 1. The van der Waals surface area contributed by atoms with Crippen LogP contribution < -0.4 is 4.74 Å². The predicted octanol–water partition coefficient (Wildman–Crippen LogP) is 5.13. The van der Waals surface area contributed by atoms with Crippen LogP contribution in [0.5, 0.6) is 5.75 Å². The topological polar surface area (TPSA) is 83.8 Å². The summed E-state index contributed by atoms with van der Waals surface area (Å²) >= 11 is 6.51. The number of aromatic nitrogens is 3. The van der Waals surface area contributed by atoms with Gasteiger partial charge in [0.1, 0.15) is 30.2 Å². The van der Waals surface area contributed by atoms with E-state index in [9.17, 15) is 18.4 Å². The molecule has 41 heavy (non-hydrogen) atoms. The van der Waals surface area contributed by atoms with E-state index in [0.717, 1.165) is 6.20 Å². The first-order valence-corrected chi connectivity index (χ1v) is 13.4. The van der Waals surface area contributed by atoms with Gasteiger partial charge in [0.05, 0.1) is 29.1 Å². The van der Waals surface area contributed by atoms with Crippen molar-refractivity contribution in [3.63, 3.8) is 0 Å². The number of carbonyl (C=O) groups is 2. The Bertz CT molecular complexity index is 1640. The minimum atomic E-state index is -0.656. The van der Waals surface area contributed by atoms with Crippen molar-refractivity contribution in [2.45, 2.75) is 26.5 Å². The highest BCUT2D eigenvalue weighted by atomic mass is 35.5. The van der Waals surface area contributed by atoms with Crippen LogP contribution in [0, 0.1) is 18.6 Å². The normalized spacial score (nSPS) is 14.5. The van der Waals surface area contributed by atoms with Gasteiger partial charge in [0.2, 0.25) is 5.91 Å². The van der Waals surface area contributed by atoms with Crippen LogP contribution in [-0.4, -0.2) is 75.1 Å². The summed E-state index contributed by atoms with van der Waals surface area (Å²) in [6, 6.07) is 8.56. The molecule has 12 heteroatoms. The fraction of sp³-hybridized carbons (Fsp3) is 0.310. The summed E-state index contributed by atoms with van der Waals surface area (Å²) in [4.78, 5) is 34.9. The molecule has 4 aromatic rings. The van der Waals surface area contributed by atoms with Crippen molar-refractivity contribution in [2.24, 2.45) is 0 Å². The highest BCUT2D eigenvalue weighted by Gasteiger charge is 2.39. The van der Waals surface area contributed by atoms with Crippen LogP contribution in [0.4, 0.5) is 13.6 Å². The zero-order valence-electron chi connectivity index (χ0n) is 23.1. The molecular formula is C29H29ClF2N6O3. The largest absolute Gasteiger partial charge is 0.487 e. The summed E-state index contributed by atoms with van der Waals surface area (Å²) in [7, 11) is 3.72. The minimum absolute atomic E-state index is 0.0560. The maximum absolute atomic E-state index is 14.6. The van der Waals surface area contributed by atoms with E-state index < -0.39 is 23.7 Å². The summed E-state index contributed by atoms with van der Waals surface area (Å²) < 4.78 is 35.9. The first-order valence-electron chi connectivity index (χ1n) is 13.0. The maximum Gasteiger partial charge on any atom is 0.327 e. The molecule has 9 nitrogen and oxygen atoms in total. The SMILES string of the molecule is Cc1cc(-n2cc(F)cn2)c2cccc(OCc3c(Cl)cc(F)cc3[C@H](C)N3CC(=O)N(CCN(C)C)C3=O)c2n1. The van der Waals surface area contributed by atoms with E-state index in [4.69, 9.17) is 16.3 Å². The van der Waals surface area contributed by atoms with Crippen molar-refractivity contribution in [3.8, 4) is 11.4 Å². The number of carbonyl (C=O) groups excluding carboxylic acids is 2. The molecule has 2 aromatic carbocycles. The Kier molecular flexibility index (Phi) is 7.92. The van der Waals surface area contributed by atoms with Gasteiger partial charge in [-0.3, -0.25) is 9.69 Å². The number of urea groups is 1. The van der Waals surface area contributed by atoms with Gasteiger partial charge in [-0.2, -0.15) is 5.10 Å². The number of nitrogens with zero attached hydrogens (tertiary/aromatic N) is 6. The number of likely N-dealkylation sites (N-methyl/N-ethyl adjacent to an activating group) is 1. The molecule has 5 rings (SSSR count). The van der Waals surface area contributed by atoms with Gasteiger partial charge in [0.25, 0.3) is 0 Å². The number of benzene rings is 2. The van der Waals surface area contributed by atoms with Crippen molar-refractivity contribution in [1.29, 1.82) is 0 Å². The van der Waals surface area contributed by atoms with Gasteiger partial charge in [-0.15, -0.1) is 0 Å². The molecule has 0 N–H and O–H groups in total. The third-order valence-corrected chi connectivity index (χ3v) is 7.38. The third kappa shape index (κ3) is 5.73. The molecule has 2 aromatic heterocycles. The van der Waals surface area contributed by atoms with Gasteiger partial charge < -0.3 is 14.5 Å². The Labute approximate surface area is 240 Å². The number of pyridine rings is 1. The molecule has 1 fully saturated rings. The first kappa shape index (κ1) is 28.4. The zero-order chi connectivity index (χ0) is 29.4. The second kappa shape index (κ2) is 11.4. The maximum atomic E-state index is 14.6. The standard InChI is InChI=1S/C29H29ClF2N6O3/c1-17-10-25(38-14-20(32)13-33-38)21-6-5-7-26(28(21)34-17)41-16-23-22(11-19(31)12-24(23)30)18(2)37-15-27(39)36(29(37)40)9-8-35(3)4/h5-7,10-14,18H,8-9,15-16H2,1-4H3/t18-/m0/s1. The minimum Gasteiger partial charge on any atom is -0.487 e. The predicted molar refractivity (Wildman–Crippen MR) is 150 cm³/mol. The Morgan fingerprint density at radius 3 is 2.63 bits per heavy atom. The monoisotopic (exact) mass is 582 g/mol. The molecule has 0 unspecified atom stereocenters. The van der Waals surface area contributed by atoms with Crippen LogP contribution in [0.2, 0.25) is 5.02 Å². The van der Waals surface area contributed by atoms with E-state index in [1.165, 1.54) is 32.8 Å². The van der Waals surface area contributed by atoms with Crippen molar-refractivity contribution in [2.75, 3.05) is 33.7 Å². The van der Waals surface area contributed by atoms with E-state index in [2.05, 4.69) is 10.1 Å². The summed E-state index contributed by atoms with van der Waals surface area (Å²) in [6.45, 7) is 4.15. The molecule has 1 atom stereocenters. The van der Waals surface area contributed by atoms with E-state index in [0.29, 0.717) is 45.7 Å². The van der Waals surface area contributed by atoms with Gasteiger partial charge in [-0.25, -0.2) is 23.2 Å². The second-order valence-corrected chi connectivity index (χ2v) is 10.6. The van der Waals surface area contributed by atoms with Crippen molar-refractivity contribution in [1.82, 2.24) is 29.5 Å². The number of hydrogen-bond acceptors (Lipinski definition) is 6. The van der Waals surface area contributed by atoms with Crippen LogP contribution in [0.15, 0.2) is 48.8 Å². The third-order valence-electron chi connectivity index (χ3n) is 7.05. The average Bonchev–Trinajstić information content (AvgIpc) is 3.47. The lowest BCUT2D eigenvalue weighted by Crippen LogP contribution is -2.38. The van der Waals surface area contributed by atoms with Crippen molar-refractivity contribution >= 4 is 34.4 Å². The summed E-state index contributed by atoms with van der Waals surface area (Å²) in [6.07, 6.45) is 2.40. The number of halogens is 3. The molecule has 1 saturated heterocycles.